The Labute approximate surface area is 109 Å². The van der Waals surface area contributed by atoms with E-state index in [9.17, 15) is 0 Å². The zero-order chi connectivity index (χ0) is 12.3. The van der Waals surface area contributed by atoms with Gasteiger partial charge in [0.25, 0.3) is 0 Å². The van der Waals surface area contributed by atoms with E-state index in [4.69, 9.17) is 14.6 Å². The molecule has 1 aliphatic heterocycles. The second-order valence-electron chi connectivity index (χ2n) is 4.23. The second kappa shape index (κ2) is 5.71. The first kappa shape index (κ1) is 12.7. The molecule has 0 saturated carbocycles. The highest BCUT2D eigenvalue weighted by Crippen LogP contribution is 2.39. The first-order valence-electron chi connectivity index (χ1n) is 5.60. The summed E-state index contributed by atoms with van der Waals surface area (Å²) in [7, 11) is 0. The van der Waals surface area contributed by atoms with Crippen LogP contribution in [0.5, 0.6) is 11.5 Å². The first-order chi connectivity index (χ1) is 8.20. The third kappa shape index (κ3) is 3.12. The number of hydrogen-bond donors (Lipinski definition) is 2. The van der Waals surface area contributed by atoms with Crippen LogP contribution in [0.3, 0.4) is 0 Å². The SMILES string of the molecule is C[C@@H](CO)CNCc1cc(Br)c2c(c1)OCO2. The average Bonchev–Trinajstić information content (AvgIpc) is 2.77. The highest BCUT2D eigenvalue weighted by molar-refractivity contribution is 9.10. The van der Waals surface area contributed by atoms with Crippen molar-refractivity contribution in [2.24, 2.45) is 5.92 Å². The lowest BCUT2D eigenvalue weighted by molar-refractivity contribution is 0.173. The topological polar surface area (TPSA) is 50.7 Å². The fourth-order valence-electron chi connectivity index (χ4n) is 1.65. The number of ether oxygens (including phenoxy) is 2. The summed E-state index contributed by atoms with van der Waals surface area (Å²) in [4.78, 5) is 0. The zero-order valence-corrected chi connectivity index (χ0v) is 11.3. The largest absolute Gasteiger partial charge is 0.454 e. The van der Waals surface area contributed by atoms with Gasteiger partial charge in [-0.3, -0.25) is 0 Å². The molecule has 0 saturated heterocycles. The number of benzene rings is 1. The summed E-state index contributed by atoms with van der Waals surface area (Å²) in [6.07, 6.45) is 0. The smallest absolute Gasteiger partial charge is 0.231 e. The molecule has 4 nitrogen and oxygen atoms in total. The van der Waals surface area contributed by atoms with Gasteiger partial charge < -0.3 is 19.9 Å². The summed E-state index contributed by atoms with van der Waals surface area (Å²) in [5.74, 6) is 1.83. The normalized spacial score (nSPS) is 15.0. The summed E-state index contributed by atoms with van der Waals surface area (Å²) in [5.41, 5.74) is 1.13. The van der Waals surface area contributed by atoms with Gasteiger partial charge >= 0.3 is 0 Å². The lowest BCUT2D eigenvalue weighted by atomic mass is 10.1. The third-order valence-corrected chi connectivity index (χ3v) is 3.21. The van der Waals surface area contributed by atoms with E-state index in [0.29, 0.717) is 0 Å². The van der Waals surface area contributed by atoms with Crippen LogP contribution in [-0.2, 0) is 6.54 Å². The molecule has 1 aromatic carbocycles. The molecule has 0 unspecified atom stereocenters. The van der Waals surface area contributed by atoms with Gasteiger partial charge in [0.15, 0.2) is 11.5 Å². The molecule has 2 rings (SSSR count). The third-order valence-electron chi connectivity index (χ3n) is 2.62. The van der Waals surface area contributed by atoms with E-state index in [1.807, 2.05) is 19.1 Å². The summed E-state index contributed by atoms with van der Waals surface area (Å²) in [6.45, 7) is 4.04. The summed E-state index contributed by atoms with van der Waals surface area (Å²) in [5, 5.41) is 12.2. The van der Waals surface area contributed by atoms with E-state index in [0.717, 1.165) is 34.6 Å². The van der Waals surface area contributed by atoms with Crippen LogP contribution < -0.4 is 14.8 Å². The van der Waals surface area contributed by atoms with Crippen LogP contribution >= 0.6 is 15.9 Å². The van der Waals surface area contributed by atoms with Gasteiger partial charge in [-0.05, 0) is 39.5 Å². The van der Waals surface area contributed by atoms with Crippen LogP contribution in [0.1, 0.15) is 12.5 Å². The molecule has 0 amide bonds. The molecule has 1 aliphatic rings. The number of aliphatic hydroxyl groups excluding tert-OH is 1. The summed E-state index contributed by atoms with van der Waals surface area (Å²) < 4.78 is 11.6. The van der Waals surface area contributed by atoms with Gasteiger partial charge in [-0.2, -0.15) is 0 Å². The highest BCUT2D eigenvalue weighted by atomic mass is 79.9. The predicted molar refractivity (Wildman–Crippen MR) is 68.2 cm³/mol. The van der Waals surface area contributed by atoms with E-state index in [-0.39, 0.29) is 19.3 Å². The summed E-state index contributed by atoms with van der Waals surface area (Å²) >= 11 is 3.46. The number of aliphatic hydroxyl groups is 1. The van der Waals surface area contributed by atoms with Crippen molar-refractivity contribution in [2.75, 3.05) is 19.9 Å². The van der Waals surface area contributed by atoms with Crippen molar-refractivity contribution >= 4 is 15.9 Å². The molecule has 2 N–H and O–H groups in total. The van der Waals surface area contributed by atoms with Crippen LogP contribution in [-0.4, -0.2) is 25.1 Å². The van der Waals surface area contributed by atoms with Gasteiger partial charge in [-0.15, -0.1) is 0 Å². The Balaban J connectivity index is 1.96. The Morgan fingerprint density at radius 3 is 3.06 bits per heavy atom. The maximum atomic E-state index is 8.92. The number of hydrogen-bond acceptors (Lipinski definition) is 4. The fourth-order valence-corrected chi connectivity index (χ4v) is 2.25. The van der Waals surface area contributed by atoms with Gasteiger partial charge in [0.05, 0.1) is 4.47 Å². The summed E-state index contributed by atoms with van der Waals surface area (Å²) in [6, 6.07) is 3.99. The Morgan fingerprint density at radius 1 is 1.47 bits per heavy atom. The zero-order valence-electron chi connectivity index (χ0n) is 9.70. The lowest BCUT2D eigenvalue weighted by Crippen LogP contribution is -2.22. The molecule has 0 aliphatic carbocycles. The second-order valence-corrected chi connectivity index (χ2v) is 5.08. The molecule has 1 heterocycles. The van der Waals surface area contributed by atoms with E-state index in [1.54, 1.807) is 0 Å². The Bertz CT molecular complexity index is 398. The van der Waals surface area contributed by atoms with Gasteiger partial charge in [-0.25, -0.2) is 0 Å². The maximum Gasteiger partial charge on any atom is 0.231 e. The molecule has 0 spiro atoms. The molecule has 17 heavy (non-hydrogen) atoms. The van der Waals surface area contributed by atoms with Crippen LogP contribution in [0.25, 0.3) is 0 Å². The van der Waals surface area contributed by atoms with E-state index >= 15 is 0 Å². The van der Waals surface area contributed by atoms with E-state index in [2.05, 4.69) is 21.2 Å². The van der Waals surface area contributed by atoms with Gasteiger partial charge in [-0.1, -0.05) is 6.92 Å². The van der Waals surface area contributed by atoms with Crippen molar-refractivity contribution in [3.8, 4) is 11.5 Å². The molecular formula is C12H16BrNO3. The van der Waals surface area contributed by atoms with Gasteiger partial charge in [0.2, 0.25) is 6.79 Å². The van der Waals surface area contributed by atoms with Crippen molar-refractivity contribution in [3.63, 3.8) is 0 Å². The van der Waals surface area contributed by atoms with Crippen molar-refractivity contribution in [1.29, 1.82) is 0 Å². The van der Waals surface area contributed by atoms with Crippen molar-refractivity contribution in [2.45, 2.75) is 13.5 Å². The molecule has 0 fully saturated rings. The molecule has 1 aromatic rings. The lowest BCUT2D eigenvalue weighted by Gasteiger charge is -2.10. The van der Waals surface area contributed by atoms with Crippen molar-refractivity contribution in [3.05, 3.63) is 22.2 Å². The van der Waals surface area contributed by atoms with E-state index < -0.39 is 0 Å². The van der Waals surface area contributed by atoms with E-state index in [1.165, 1.54) is 0 Å². The number of halogens is 1. The Kier molecular flexibility index (Phi) is 4.25. The minimum Gasteiger partial charge on any atom is -0.454 e. The van der Waals surface area contributed by atoms with Crippen LogP contribution in [0.15, 0.2) is 16.6 Å². The van der Waals surface area contributed by atoms with Crippen LogP contribution in [0, 0.1) is 5.92 Å². The van der Waals surface area contributed by atoms with Crippen LogP contribution in [0.2, 0.25) is 0 Å². The fraction of sp³-hybridized carbons (Fsp3) is 0.500. The Morgan fingerprint density at radius 2 is 2.29 bits per heavy atom. The number of rotatable bonds is 5. The van der Waals surface area contributed by atoms with Crippen LogP contribution in [0.4, 0.5) is 0 Å². The molecule has 0 radical (unpaired) electrons. The molecular weight excluding hydrogens is 286 g/mol. The molecule has 5 heteroatoms. The number of nitrogens with one attached hydrogen (secondary N) is 1. The Hall–Kier alpha value is -0.780. The maximum absolute atomic E-state index is 8.92. The number of fused-ring (bicyclic) bond motifs is 1. The average molecular weight is 302 g/mol. The molecule has 1 atom stereocenters. The van der Waals surface area contributed by atoms with Gasteiger partial charge in [0.1, 0.15) is 0 Å². The first-order valence-corrected chi connectivity index (χ1v) is 6.39. The van der Waals surface area contributed by atoms with Crippen molar-refractivity contribution in [1.82, 2.24) is 5.32 Å². The molecule has 94 valence electrons. The highest BCUT2D eigenvalue weighted by Gasteiger charge is 2.17. The monoisotopic (exact) mass is 301 g/mol. The minimum atomic E-state index is 0.206. The quantitative estimate of drug-likeness (QED) is 0.872. The molecule has 0 bridgehead atoms. The van der Waals surface area contributed by atoms with Crippen molar-refractivity contribution < 1.29 is 14.6 Å². The van der Waals surface area contributed by atoms with Gasteiger partial charge in [0, 0.05) is 19.7 Å². The predicted octanol–water partition coefficient (Wildman–Crippen LogP) is 1.90. The minimum absolute atomic E-state index is 0.206. The standard InChI is InChI=1S/C12H16BrNO3/c1-8(6-15)4-14-5-9-2-10(13)12-11(3-9)16-7-17-12/h2-3,8,14-15H,4-7H2,1H3/t8-/m1/s1. The molecule has 0 aromatic heterocycles.